The van der Waals surface area contributed by atoms with Crippen LogP contribution in [-0.4, -0.2) is 15.9 Å². The molecule has 1 aliphatic rings. The molecule has 1 saturated carbocycles. The standard InChI is InChI=1S/C8H7Cl2N3O/c9-6-4(3-1-2-3)12-5(8(11)14)7(10)13-6/h3H,1-2H2,(H2,11,14). The third-order valence-corrected chi connectivity index (χ3v) is 2.57. The maximum Gasteiger partial charge on any atom is 0.270 e. The van der Waals surface area contributed by atoms with E-state index in [0.717, 1.165) is 12.8 Å². The number of rotatable bonds is 2. The van der Waals surface area contributed by atoms with E-state index >= 15 is 0 Å². The van der Waals surface area contributed by atoms with Gasteiger partial charge in [0, 0.05) is 5.92 Å². The molecule has 1 fully saturated rings. The molecule has 0 bridgehead atoms. The van der Waals surface area contributed by atoms with Crippen molar-refractivity contribution >= 4 is 29.1 Å². The van der Waals surface area contributed by atoms with Crippen molar-refractivity contribution in [1.29, 1.82) is 0 Å². The zero-order valence-corrected chi connectivity index (χ0v) is 8.64. The Balaban J connectivity index is 2.51. The summed E-state index contributed by atoms with van der Waals surface area (Å²) in [5.41, 5.74) is 5.71. The molecule has 0 atom stereocenters. The summed E-state index contributed by atoms with van der Waals surface area (Å²) >= 11 is 11.5. The normalized spacial score (nSPS) is 15.6. The molecule has 1 aliphatic carbocycles. The van der Waals surface area contributed by atoms with Gasteiger partial charge >= 0.3 is 0 Å². The molecule has 6 heteroatoms. The summed E-state index contributed by atoms with van der Waals surface area (Å²) < 4.78 is 0. The van der Waals surface area contributed by atoms with Crippen LogP contribution >= 0.6 is 23.2 Å². The second-order valence-corrected chi connectivity index (χ2v) is 3.89. The van der Waals surface area contributed by atoms with Crippen molar-refractivity contribution in [3.8, 4) is 0 Å². The maximum atomic E-state index is 10.9. The van der Waals surface area contributed by atoms with E-state index in [4.69, 9.17) is 28.9 Å². The minimum atomic E-state index is -0.680. The van der Waals surface area contributed by atoms with E-state index in [2.05, 4.69) is 9.97 Å². The van der Waals surface area contributed by atoms with Gasteiger partial charge in [-0.3, -0.25) is 4.79 Å². The molecule has 1 aromatic rings. The number of aromatic nitrogens is 2. The van der Waals surface area contributed by atoms with Gasteiger partial charge in [0.05, 0.1) is 5.69 Å². The third kappa shape index (κ3) is 1.67. The molecule has 4 nitrogen and oxygen atoms in total. The fourth-order valence-electron chi connectivity index (χ4n) is 1.18. The van der Waals surface area contributed by atoms with Crippen LogP contribution in [0.25, 0.3) is 0 Å². The highest BCUT2D eigenvalue weighted by Crippen LogP contribution is 2.42. The fourth-order valence-corrected chi connectivity index (χ4v) is 1.73. The van der Waals surface area contributed by atoms with Gasteiger partial charge < -0.3 is 5.73 Å². The second-order valence-electron chi connectivity index (χ2n) is 3.18. The van der Waals surface area contributed by atoms with Crippen LogP contribution < -0.4 is 5.73 Å². The van der Waals surface area contributed by atoms with Gasteiger partial charge in [-0.2, -0.15) is 0 Å². The summed E-state index contributed by atoms with van der Waals surface area (Å²) in [6, 6.07) is 0. The summed E-state index contributed by atoms with van der Waals surface area (Å²) in [6.45, 7) is 0. The molecular formula is C8H7Cl2N3O. The molecule has 2 N–H and O–H groups in total. The van der Waals surface area contributed by atoms with Crippen molar-refractivity contribution in [2.45, 2.75) is 18.8 Å². The van der Waals surface area contributed by atoms with Crippen molar-refractivity contribution in [2.75, 3.05) is 0 Å². The molecule has 0 aliphatic heterocycles. The second kappa shape index (κ2) is 3.37. The fraction of sp³-hybridized carbons (Fsp3) is 0.375. The van der Waals surface area contributed by atoms with Gasteiger partial charge in [-0.25, -0.2) is 9.97 Å². The van der Waals surface area contributed by atoms with Crippen LogP contribution in [0.5, 0.6) is 0 Å². The molecule has 0 unspecified atom stereocenters. The Morgan fingerprint density at radius 1 is 1.29 bits per heavy atom. The molecule has 1 amide bonds. The van der Waals surface area contributed by atoms with E-state index < -0.39 is 5.91 Å². The molecule has 0 aromatic carbocycles. The lowest BCUT2D eigenvalue weighted by atomic mass is 10.3. The molecule has 74 valence electrons. The highest BCUT2D eigenvalue weighted by Gasteiger charge is 2.29. The Morgan fingerprint density at radius 2 is 1.93 bits per heavy atom. The van der Waals surface area contributed by atoms with Gasteiger partial charge in [0.15, 0.2) is 16.0 Å². The van der Waals surface area contributed by atoms with Crippen LogP contribution in [0, 0.1) is 0 Å². The van der Waals surface area contributed by atoms with Crippen molar-refractivity contribution in [2.24, 2.45) is 5.73 Å². The molecule has 1 aromatic heterocycles. The van der Waals surface area contributed by atoms with Crippen molar-refractivity contribution in [1.82, 2.24) is 9.97 Å². The van der Waals surface area contributed by atoms with Gasteiger partial charge in [-0.05, 0) is 12.8 Å². The van der Waals surface area contributed by atoms with Crippen molar-refractivity contribution in [3.63, 3.8) is 0 Å². The van der Waals surface area contributed by atoms with Gasteiger partial charge in [0.2, 0.25) is 0 Å². The zero-order valence-electron chi connectivity index (χ0n) is 7.13. The van der Waals surface area contributed by atoms with Crippen LogP contribution in [0.2, 0.25) is 10.3 Å². The third-order valence-electron chi connectivity index (χ3n) is 2.03. The zero-order chi connectivity index (χ0) is 10.3. The van der Waals surface area contributed by atoms with Gasteiger partial charge in [-0.1, -0.05) is 23.2 Å². The monoisotopic (exact) mass is 231 g/mol. The Hall–Kier alpha value is -0.870. The lowest BCUT2D eigenvalue weighted by molar-refractivity contribution is 0.0995. The number of nitrogens with zero attached hydrogens (tertiary/aromatic N) is 2. The summed E-state index contributed by atoms with van der Waals surface area (Å²) in [5.74, 6) is -0.369. The lowest BCUT2D eigenvalue weighted by Crippen LogP contribution is -2.15. The molecule has 0 spiro atoms. The molecule has 14 heavy (non-hydrogen) atoms. The Labute approximate surface area is 90.4 Å². The highest BCUT2D eigenvalue weighted by molar-refractivity contribution is 6.34. The van der Waals surface area contributed by atoms with Gasteiger partial charge in [0.1, 0.15) is 0 Å². The van der Waals surface area contributed by atoms with Crippen molar-refractivity contribution in [3.05, 3.63) is 21.7 Å². The van der Waals surface area contributed by atoms with Crippen LogP contribution in [0.3, 0.4) is 0 Å². The summed E-state index contributed by atoms with van der Waals surface area (Å²) in [5, 5.41) is 0.231. The van der Waals surface area contributed by atoms with Crippen LogP contribution in [0.4, 0.5) is 0 Å². The van der Waals surface area contributed by atoms with Gasteiger partial charge in [0.25, 0.3) is 5.91 Å². The van der Waals surface area contributed by atoms with E-state index in [0.29, 0.717) is 11.6 Å². The van der Waals surface area contributed by atoms with E-state index in [1.54, 1.807) is 0 Å². The molecule has 0 saturated heterocycles. The summed E-state index contributed by atoms with van der Waals surface area (Å²) in [6.07, 6.45) is 2.04. The molecule has 0 radical (unpaired) electrons. The minimum absolute atomic E-state index is 0.00188. The minimum Gasteiger partial charge on any atom is -0.364 e. The predicted octanol–water partition coefficient (Wildman–Crippen LogP) is 1.76. The number of halogens is 2. The van der Waals surface area contributed by atoms with E-state index in [9.17, 15) is 4.79 Å². The van der Waals surface area contributed by atoms with E-state index in [1.165, 1.54) is 0 Å². The highest BCUT2D eigenvalue weighted by atomic mass is 35.5. The maximum absolute atomic E-state index is 10.9. The predicted molar refractivity (Wildman–Crippen MR) is 52.5 cm³/mol. The molecule has 1 heterocycles. The number of hydrogen-bond acceptors (Lipinski definition) is 3. The Kier molecular flexibility index (Phi) is 2.33. The summed E-state index contributed by atoms with van der Waals surface area (Å²) in [7, 11) is 0. The van der Waals surface area contributed by atoms with Gasteiger partial charge in [-0.15, -0.1) is 0 Å². The average molecular weight is 232 g/mol. The van der Waals surface area contributed by atoms with Crippen LogP contribution in [0.15, 0.2) is 0 Å². The number of carbonyl (C=O) groups excluding carboxylic acids is 1. The van der Waals surface area contributed by atoms with Crippen LogP contribution in [0.1, 0.15) is 34.9 Å². The number of primary amides is 1. The largest absolute Gasteiger partial charge is 0.364 e. The molecule has 2 rings (SSSR count). The average Bonchev–Trinajstić information content (AvgIpc) is 2.86. The quantitative estimate of drug-likeness (QED) is 0.844. The first-order valence-electron chi connectivity index (χ1n) is 4.12. The van der Waals surface area contributed by atoms with Crippen LogP contribution in [-0.2, 0) is 0 Å². The Morgan fingerprint density at radius 3 is 2.43 bits per heavy atom. The van der Waals surface area contributed by atoms with E-state index in [-0.39, 0.29) is 16.0 Å². The first-order chi connectivity index (χ1) is 6.59. The molecular weight excluding hydrogens is 225 g/mol. The lowest BCUT2D eigenvalue weighted by Gasteiger charge is -2.04. The first kappa shape index (κ1) is 9.68. The van der Waals surface area contributed by atoms with Crippen molar-refractivity contribution < 1.29 is 4.79 Å². The Bertz CT molecular complexity index is 404. The number of nitrogens with two attached hydrogens (primary N) is 1. The number of amides is 1. The van der Waals surface area contributed by atoms with E-state index in [1.807, 2.05) is 0 Å². The smallest absolute Gasteiger partial charge is 0.270 e. The summed E-state index contributed by atoms with van der Waals surface area (Å²) in [4.78, 5) is 18.8. The number of carbonyl (C=O) groups is 1. The SMILES string of the molecule is NC(=O)c1nc(C2CC2)c(Cl)nc1Cl. The first-order valence-corrected chi connectivity index (χ1v) is 4.88. The number of hydrogen-bond donors (Lipinski definition) is 1. The topological polar surface area (TPSA) is 68.9 Å².